The van der Waals surface area contributed by atoms with E-state index in [0.717, 1.165) is 37.0 Å². The Labute approximate surface area is 144 Å². The molecule has 4 nitrogen and oxygen atoms in total. The van der Waals surface area contributed by atoms with E-state index in [9.17, 15) is 4.79 Å². The van der Waals surface area contributed by atoms with Crippen LogP contribution in [0.15, 0.2) is 30.3 Å². The number of fused-ring (bicyclic) bond motifs is 1. The predicted molar refractivity (Wildman–Crippen MR) is 99.4 cm³/mol. The molecular formula is C20H29N3O. The van der Waals surface area contributed by atoms with E-state index in [-0.39, 0.29) is 5.91 Å². The number of nitrogens with one attached hydrogen (secondary N) is 1. The van der Waals surface area contributed by atoms with Crippen LogP contribution in [0.25, 0.3) is 10.9 Å². The van der Waals surface area contributed by atoms with Gasteiger partial charge in [0, 0.05) is 36.6 Å². The van der Waals surface area contributed by atoms with Crippen LogP contribution in [0.5, 0.6) is 0 Å². The summed E-state index contributed by atoms with van der Waals surface area (Å²) in [4.78, 5) is 20.9. The van der Waals surface area contributed by atoms with Gasteiger partial charge in [0.25, 0.3) is 5.91 Å². The molecule has 0 aliphatic carbocycles. The van der Waals surface area contributed by atoms with Crippen LogP contribution in [-0.4, -0.2) is 52.9 Å². The number of hydrogen-bond acceptors (Lipinski definition) is 2. The number of unbranched alkanes of at least 4 members (excludes halogenated alkanes) is 2. The van der Waals surface area contributed by atoms with Crippen LogP contribution in [0.3, 0.4) is 0 Å². The van der Waals surface area contributed by atoms with Crippen LogP contribution in [0.1, 0.15) is 50.0 Å². The van der Waals surface area contributed by atoms with Gasteiger partial charge >= 0.3 is 0 Å². The lowest BCUT2D eigenvalue weighted by Gasteiger charge is -2.41. The van der Waals surface area contributed by atoms with Gasteiger partial charge in [-0.2, -0.15) is 0 Å². The number of piperazine rings is 1. The number of carbonyl (C=O) groups is 1. The van der Waals surface area contributed by atoms with Crippen LogP contribution in [0.2, 0.25) is 0 Å². The Hall–Kier alpha value is -1.81. The zero-order chi connectivity index (χ0) is 16.9. The lowest BCUT2D eigenvalue weighted by Crippen LogP contribution is -2.55. The Morgan fingerprint density at radius 2 is 2.04 bits per heavy atom. The van der Waals surface area contributed by atoms with Crippen LogP contribution in [0.4, 0.5) is 0 Å². The number of carbonyl (C=O) groups excluding carboxylic acids is 1. The molecule has 1 aromatic heterocycles. The largest absolute Gasteiger partial charge is 0.351 e. The zero-order valence-corrected chi connectivity index (χ0v) is 14.9. The van der Waals surface area contributed by atoms with Gasteiger partial charge in [-0.1, -0.05) is 44.9 Å². The molecule has 0 bridgehead atoms. The summed E-state index contributed by atoms with van der Waals surface area (Å²) >= 11 is 0. The second-order valence-electron chi connectivity index (χ2n) is 6.84. The highest BCUT2D eigenvalue weighted by molar-refractivity contribution is 5.98. The van der Waals surface area contributed by atoms with Crippen molar-refractivity contribution < 1.29 is 4.79 Å². The molecule has 0 saturated carbocycles. The molecule has 0 spiro atoms. The van der Waals surface area contributed by atoms with Crippen molar-refractivity contribution in [1.29, 1.82) is 0 Å². The Bertz CT molecular complexity index is 645. The Morgan fingerprint density at radius 1 is 1.21 bits per heavy atom. The quantitative estimate of drug-likeness (QED) is 0.818. The first-order chi connectivity index (χ1) is 11.7. The van der Waals surface area contributed by atoms with E-state index < -0.39 is 0 Å². The second kappa shape index (κ2) is 7.84. The SMILES string of the molecule is CCCCCN1CCN(C(=O)c2cc3ccccc3[nH]2)C(CC)C1. The number of rotatable bonds is 6. The lowest BCUT2D eigenvalue weighted by atomic mass is 10.1. The molecule has 1 atom stereocenters. The van der Waals surface area contributed by atoms with Crippen molar-refractivity contribution in [3.63, 3.8) is 0 Å². The van der Waals surface area contributed by atoms with Gasteiger partial charge in [0.1, 0.15) is 5.69 Å². The summed E-state index contributed by atoms with van der Waals surface area (Å²) in [6.07, 6.45) is 4.83. The van der Waals surface area contributed by atoms with E-state index in [2.05, 4.69) is 28.6 Å². The average molecular weight is 327 g/mol. The third-order valence-corrected chi connectivity index (χ3v) is 5.14. The first-order valence-electron chi connectivity index (χ1n) is 9.34. The first kappa shape index (κ1) is 17.0. The number of para-hydroxylation sites is 1. The highest BCUT2D eigenvalue weighted by Gasteiger charge is 2.30. The summed E-state index contributed by atoms with van der Waals surface area (Å²) in [6.45, 7) is 8.42. The minimum absolute atomic E-state index is 0.145. The van der Waals surface area contributed by atoms with E-state index in [0.29, 0.717) is 11.7 Å². The molecule has 1 saturated heterocycles. The molecule has 130 valence electrons. The minimum atomic E-state index is 0.145. The number of H-pyrrole nitrogens is 1. The molecule has 1 fully saturated rings. The van der Waals surface area contributed by atoms with Gasteiger partial charge in [-0.25, -0.2) is 0 Å². The normalized spacial score (nSPS) is 19.1. The van der Waals surface area contributed by atoms with Gasteiger partial charge in [0.2, 0.25) is 0 Å². The number of nitrogens with zero attached hydrogens (tertiary/aromatic N) is 2. The van der Waals surface area contributed by atoms with E-state index in [4.69, 9.17) is 0 Å². The van der Waals surface area contributed by atoms with Gasteiger partial charge in [0.15, 0.2) is 0 Å². The fourth-order valence-electron chi connectivity index (χ4n) is 3.67. The van der Waals surface area contributed by atoms with Crippen molar-refractivity contribution in [3.05, 3.63) is 36.0 Å². The standard InChI is InChI=1S/C20H29N3O/c1-3-5-8-11-22-12-13-23(17(4-2)15-22)20(24)19-14-16-9-6-7-10-18(16)21-19/h6-7,9-10,14,17,21H,3-5,8,11-13,15H2,1-2H3. The number of aromatic nitrogens is 1. The lowest BCUT2D eigenvalue weighted by molar-refractivity contribution is 0.0438. The fraction of sp³-hybridized carbons (Fsp3) is 0.550. The number of hydrogen-bond donors (Lipinski definition) is 1. The summed E-state index contributed by atoms with van der Waals surface area (Å²) in [7, 11) is 0. The summed E-state index contributed by atoms with van der Waals surface area (Å²) in [5, 5.41) is 1.10. The Balaban J connectivity index is 1.68. The zero-order valence-electron chi connectivity index (χ0n) is 14.9. The molecule has 1 N–H and O–H groups in total. The first-order valence-corrected chi connectivity index (χ1v) is 9.34. The predicted octanol–water partition coefficient (Wildman–Crippen LogP) is 3.89. The van der Waals surface area contributed by atoms with Crippen molar-refractivity contribution in [2.75, 3.05) is 26.2 Å². The van der Waals surface area contributed by atoms with Gasteiger partial charge in [-0.05, 0) is 31.5 Å². The van der Waals surface area contributed by atoms with Gasteiger partial charge in [-0.15, -0.1) is 0 Å². The maximum absolute atomic E-state index is 13.0. The monoisotopic (exact) mass is 327 g/mol. The highest BCUT2D eigenvalue weighted by Crippen LogP contribution is 2.20. The maximum atomic E-state index is 13.0. The number of aromatic amines is 1. The molecule has 2 heterocycles. The van der Waals surface area contributed by atoms with Crippen molar-refractivity contribution >= 4 is 16.8 Å². The molecule has 1 amide bonds. The van der Waals surface area contributed by atoms with E-state index in [1.54, 1.807) is 0 Å². The summed E-state index contributed by atoms with van der Waals surface area (Å²) < 4.78 is 0. The van der Waals surface area contributed by atoms with Gasteiger partial charge in [-0.3, -0.25) is 9.69 Å². The Morgan fingerprint density at radius 3 is 2.79 bits per heavy atom. The number of benzene rings is 1. The van der Waals surface area contributed by atoms with E-state index in [1.165, 1.54) is 25.8 Å². The average Bonchev–Trinajstić information content (AvgIpc) is 3.05. The van der Waals surface area contributed by atoms with Gasteiger partial charge < -0.3 is 9.88 Å². The van der Waals surface area contributed by atoms with E-state index in [1.807, 2.05) is 30.3 Å². The fourth-order valence-corrected chi connectivity index (χ4v) is 3.67. The van der Waals surface area contributed by atoms with Crippen molar-refractivity contribution in [2.45, 2.75) is 45.6 Å². The third-order valence-electron chi connectivity index (χ3n) is 5.14. The van der Waals surface area contributed by atoms with Gasteiger partial charge in [0.05, 0.1) is 0 Å². The topological polar surface area (TPSA) is 39.3 Å². The van der Waals surface area contributed by atoms with Crippen molar-refractivity contribution in [3.8, 4) is 0 Å². The second-order valence-corrected chi connectivity index (χ2v) is 6.84. The summed E-state index contributed by atoms with van der Waals surface area (Å²) in [5.74, 6) is 0.145. The minimum Gasteiger partial charge on any atom is -0.351 e. The molecule has 24 heavy (non-hydrogen) atoms. The molecule has 4 heteroatoms. The van der Waals surface area contributed by atoms with Crippen molar-refractivity contribution in [2.24, 2.45) is 0 Å². The van der Waals surface area contributed by atoms with E-state index >= 15 is 0 Å². The molecule has 3 rings (SSSR count). The smallest absolute Gasteiger partial charge is 0.270 e. The van der Waals surface area contributed by atoms with Crippen LogP contribution < -0.4 is 0 Å². The summed E-state index contributed by atoms with van der Waals surface area (Å²) in [5.41, 5.74) is 1.75. The molecule has 2 aromatic rings. The molecule has 1 aliphatic heterocycles. The van der Waals surface area contributed by atoms with Crippen LogP contribution >= 0.6 is 0 Å². The molecule has 0 radical (unpaired) electrons. The third kappa shape index (κ3) is 3.64. The highest BCUT2D eigenvalue weighted by atomic mass is 16.2. The summed E-state index contributed by atoms with van der Waals surface area (Å²) in [6, 6.07) is 10.4. The molecule has 1 aliphatic rings. The molecule has 1 aromatic carbocycles. The Kier molecular flexibility index (Phi) is 5.56. The molecule has 1 unspecified atom stereocenters. The molecular weight excluding hydrogens is 298 g/mol. The maximum Gasteiger partial charge on any atom is 0.270 e. The number of amides is 1. The van der Waals surface area contributed by atoms with Crippen molar-refractivity contribution in [1.82, 2.24) is 14.8 Å². The van der Waals surface area contributed by atoms with Crippen LogP contribution in [-0.2, 0) is 0 Å². The van der Waals surface area contributed by atoms with Crippen LogP contribution in [0, 0.1) is 0 Å².